The second-order valence-corrected chi connectivity index (χ2v) is 7.26. The second-order valence-electron chi connectivity index (χ2n) is 6.82. The minimum atomic E-state index is -0.813. The number of halogens is 1. The first kappa shape index (κ1) is 17.2. The molecule has 1 atom stereocenters. The molecule has 0 saturated carbocycles. The Hall–Kier alpha value is -1.63. The van der Waals surface area contributed by atoms with Crippen LogP contribution >= 0.6 is 11.6 Å². The third kappa shape index (κ3) is 3.41. The Morgan fingerprint density at radius 2 is 2.08 bits per heavy atom. The number of carbonyl (C=O) groups excluding carboxylic acids is 2. The van der Waals surface area contributed by atoms with Gasteiger partial charge in [0.15, 0.2) is 0 Å². The molecule has 1 aromatic rings. The molecule has 130 valence electrons. The molecule has 0 aromatic heterocycles. The van der Waals surface area contributed by atoms with Gasteiger partial charge in [0, 0.05) is 43.8 Å². The number of nitrogens with zero attached hydrogens (tertiary/aromatic N) is 2. The summed E-state index contributed by atoms with van der Waals surface area (Å²) in [7, 11) is 0. The van der Waals surface area contributed by atoms with E-state index in [1.54, 1.807) is 13.8 Å². The van der Waals surface area contributed by atoms with Crippen molar-refractivity contribution in [2.45, 2.75) is 25.4 Å². The van der Waals surface area contributed by atoms with Crippen LogP contribution in [-0.4, -0.2) is 60.0 Å². The van der Waals surface area contributed by atoms with Crippen molar-refractivity contribution >= 4 is 23.5 Å². The van der Waals surface area contributed by atoms with Crippen LogP contribution in [0.2, 0.25) is 5.02 Å². The number of amides is 3. The van der Waals surface area contributed by atoms with E-state index >= 15 is 0 Å². The van der Waals surface area contributed by atoms with Crippen molar-refractivity contribution in [2.75, 3.05) is 32.7 Å². The molecule has 2 aliphatic heterocycles. The number of hydrogen-bond acceptors (Lipinski definition) is 4. The fourth-order valence-corrected chi connectivity index (χ4v) is 3.50. The summed E-state index contributed by atoms with van der Waals surface area (Å²) >= 11 is 6.12. The molecule has 24 heavy (non-hydrogen) atoms. The highest BCUT2D eigenvalue weighted by molar-refractivity contribution is 6.30. The van der Waals surface area contributed by atoms with Crippen molar-refractivity contribution in [3.63, 3.8) is 0 Å². The Bertz CT molecular complexity index is 649. The molecule has 0 aliphatic carbocycles. The molecule has 0 bridgehead atoms. The van der Waals surface area contributed by atoms with E-state index in [1.165, 1.54) is 4.90 Å². The van der Waals surface area contributed by atoms with E-state index in [9.17, 15) is 9.59 Å². The average Bonchev–Trinajstić information content (AvgIpc) is 2.74. The number of urea groups is 1. The molecule has 3 rings (SSSR count). The topological polar surface area (TPSA) is 64.7 Å². The van der Waals surface area contributed by atoms with Gasteiger partial charge >= 0.3 is 6.03 Å². The fraction of sp³-hybridized carbons (Fsp3) is 0.529. The van der Waals surface area contributed by atoms with Crippen molar-refractivity contribution in [1.82, 2.24) is 20.4 Å². The van der Waals surface area contributed by atoms with Gasteiger partial charge in [0.05, 0.1) is 0 Å². The lowest BCUT2D eigenvalue weighted by Gasteiger charge is -2.37. The number of piperazine rings is 1. The first-order chi connectivity index (χ1) is 11.4. The quantitative estimate of drug-likeness (QED) is 0.810. The molecule has 2 fully saturated rings. The summed E-state index contributed by atoms with van der Waals surface area (Å²) in [5.41, 5.74) is 0.333. The van der Waals surface area contributed by atoms with Gasteiger partial charge in [-0.05, 0) is 31.5 Å². The van der Waals surface area contributed by atoms with Crippen LogP contribution in [-0.2, 0) is 4.79 Å². The van der Waals surface area contributed by atoms with E-state index in [4.69, 9.17) is 11.6 Å². The third-order valence-corrected chi connectivity index (χ3v) is 4.88. The maximum atomic E-state index is 12.3. The first-order valence-corrected chi connectivity index (χ1v) is 8.60. The smallest absolute Gasteiger partial charge is 0.324 e. The van der Waals surface area contributed by atoms with Gasteiger partial charge in [-0.1, -0.05) is 23.7 Å². The van der Waals surface area contributed by atoms with Gasteiger partial charge < -0.3 is 10.6 Å². The zero-order chi connectivity index (χ0) is 17.3. The predicted octanol–water partition coefficient (Wildman–Crippen LogP) is 1.62. The molecule has 0 spiro atoms. The Kier molecular flexibility index (Phi) is 4.80. The van der Waals surface area contributed by atoms with Crippen molar-refractivity contribution in [3.8, 4) is 0 Å². The number of hydrogen-bond donors (Lipinski definition) is 2. The molecule has 2 N–H and O–H groups in total. The highest BCUT2D eigenvalue weighted by atomic mass is 35.5. The second kappa shape index (κ2) is 6.70. The van der Waals surface area contributed by atoms with Crippen LogP contribution in [0.3, 0.4) is 0 Å². The number of benzene rings is 1. The molecule has 2 heterocycles. The minimum Gasteiger partial charge on any atom is -0.324 e. The fourth-order valence-electron chi connectivity index (χ4n) is 3.31. The van der Waals surface area contributed by atoms with E-state index in [0.29, 0.717) is 18.1 Å². The monoisotopic (exact) mass is 350 g/mol. The zero-order valence-corrected chi connectivity index (χ0v) is 14.8. The Morgan fingerprint density at radius 3 is 2.75 bits per heavy atom. The van der Waals surface area contributed by atoms with Crippen molar-refractivity contribution in [1.29, 1.82) is 0 Å². The number of nitrogens with one attached hydrogen (secondary N) is 2. The number of carbonyl (C=O) groups is 2. The average molecular weight is 351 g/mol. The summed E-state index contributed by atoms with van der Waals surface area (Å²) in [6.45, 7) is 7.08. The molecule has 0 radical (unpaired) electrons. The van der Waals surface area contributed by atoms with Gasteiger partial charge in [0.25, 0.3) is 5.91 Å². The Labute approximate surface area is 147 Å². The lowest BCUT2D eigenvalue weighted by atomic mass is 10.0. The van der Waals surface area contributed by atoms with E-state index < -0.39 is 5.54 Å². The number of imide groups is 1. The highest BCUT2D eigenvalue weighted by Gasteiger charge is 2.44. The zero-order valence-electron chi connectivity index (χ0n) is 14.0. The van der Waals surface area contributed by atoms with Gasteiger partial charge in [-0.15, -0.1) is 0 Å². The molecule has 1 aromatic carbocycles. The standard InChI is InChI=1S/C17H23ClN4O2/c1-17(2)15(23)22(16(24)20-17)9-8-21-7-6-19-11-14(21)12-4-3-5-13(18)10-12/h3-5,10,14,19H,6-9,11H2,1-2H3,(H,20,24). The molecule has 6 nitrogen and oxygen atoms in total. The maximum absolute atomic E-state index is 12.3. The van der Waals surface area contributed by atoms with Gasteiger partial charge in [0.1, 0.15) is 5.54 Å². The van der Waals surface area contributed by atoms with Crippen LogP contribution in [0.15, 0.2) is 24.3 Å². The van der Waals surface area contributed by atoms with Crippen molar-refractivity contribution in [3.05, 3.63) is 34.9 Å². The van der Waals surface area contributed by atoms with Crippen LogP contribution < -0.4 is 10.6 Å². The van der Waals surface area contributed by atoms with Crippen molar-refractivity contribution < 1.29 is 9.59 Å². The van der Waals surface area contributed by atoms with E-state index in [1.807, 2.05) is 18.2 Å². The van der Waals surface area contributed by atoms with Gasteiger partial charge in [-0.2, -0.15) is 0 Å². The maximum Gasteiger partial charge on any atom is 0.325 e. The minimum absolute atomic E-state index is 0.165. The molecule has 3 amide bonds. The largest absolute Gasteiger partial charge is 0.325 e. The third-order valence-electron chi connectivity index (χ3n) is 4.64. The van der Waals surface area contributed by atoms with Crippen molar-refractivity contribution in [2.24, 2.45) is 0 Å². The summed E-state index contributed by atoms with van der Waals surface area (Å²) in [5.74, 6) is -0.165. The SMILES string of the molecule is CC1(C)NC(=O)N(CCN2CCNCC2c2cccc(Cl)c2)C1=O. The molecule has 7 heteroatoms. The van der Waals surface area contributed by atoms with Crippen LogP contribution in [0.1, 0.15) is 25.5 Å². The Morgan fingerprint density at radius 1 is 1.29 bits per heavy atom. The molecule has 1 unspecified atom stereocenters. The summed E-state index contributed by atoms with van der Waals surface area (Å²) in [4.78, 5) is 27.9. The summed E-state index contributed by atoms with van der Waals surface area (Å²) in [5, 5.41) is 6.83. The summed E-state index contributed by atoms with van der Waals surface area (Å²) < 4.78 is 0. The first-order valence-electron chi connectivity index (χ1n) is 8.23. The van der Waals surface area contributed by atoms with Crippen LogP contribution in [0.5, 0.6) is 0 Å². The summed E-state index contributed by atoms with van der Waals surface area (Å²) in [6, 6.07) is 7.73. The summed E-state index contributed by atoms with van der Waals surface area (Å²) in [6.07, 6.45) is 0. The van der Waals surface area contributed by atoms with E-state index in [2.05, 4.69) is 21.6 Å². The van der Waals surface area contributed by atoms with Gasteiger partial charge in [-0.3, -0.25) is 14.6 Å². The lowest BCUT2D eigenvalue weighted by Crippen LogP contribution is -2.49. The van der Waals surface area contributed by atoms with Crippen LogP contribution in [0.25, 0.3) is 0 Å². The van der Waals surface area contributed by atoms with E-state index in [0.717, 1.165) is 25.2 Å². The van der Waals surface area contributed by atoms with Crippen LogP contribution in [0, 0.1) is 0 Å². The number of rotatable bonds is 4. The van der Waals surface area contributed by atoms with Crippen LogP contribution in [0.4, 0.5) is 4.79 Å². The normalized spacial score (nSPS) is 24.3. The molecular weight excluding hydrogens is 328 g/mol. The molecule has 2 saturated heterocycles. The van der Waals surface area contributed by atoms with E-state index in [-0.39, 0.29) is 18.0 Å². The van der Waals surface area contributed by atoms with Gasteiger partial charge in [0.2, 0.25) is 0 Å². The van der Waals surface area contributed by atoms with Gasteiger partial charge in [-0.25, -0.2) is 4.79 Å². The highest BCUT2D eigenvalue weighted by Crippen LogP contribution is 2.25. The Balaban J connectivity index is 1.69. The molecule has 2 aliphatic rings. The molecular formula is C17H23ClN4O2. The lowest BCUT2D eigenvalue weighted by molar-refractivity contribution is -0.130. The predicted molar refractivity (Wildman–Crippen MR) is 93.0 cm³/mol.